The second kappa shape index (κ2) is 6.67. The first-order valence-corrected chi connectivity index (χ1v) is 9.45. The molecule has 2 atom stereocenters. The van der Waals surface area contributed by atoms with Crippen LogP contribution in [0.5, 0.6) is 0 Å². The van der Waals surface area contributed by atoms with Gasteiger partial charge < -0.3 is 10.0 Å². The van der Waals surface area contributed by atoms with Gasteiger partial charge in [-0.15, -0.1) is 11.3 Å². The minimum absolute atomic E-state index is 0.138. The van der Waals surface area contributed by atoms with E-state index in [0.717, 1.165) is 49.5 Å². The normalized spacial score (nSPS) is 24.6. The maximum atomic E-state index is 12.6. The van der Waals surface area contributed by atoms with Crippen molar-refractivity contribution in [1.29, 1.82) is 0 Å². The minimum Gasteiger partial charge on any atom is -0.387 e. The number of hydrogen-bond donors (Lipinski definition) is 1. The second-order valence-corrected chi connectivity index (χ2v) is 7.52. The zero-order valence-corrected chi connectivity index (χ0v) is 14.4. The van der Waals surface area contributed by atoms with Crippen LogP contribution in [0.4, 0.5) is 0 Å². The van der Waals surface area contributed by atoms with Crippen LogP contribution >= 0.6 is 11.3 Å². The molecule has 5 heteroatoms. The first kappa shape index (κ1) is 15.8. The lowest BCUT2D eigenvalue weighted by Gasteiger charge is -2.30. The monoisotopic (exact) mass is 342 g/mol. The van der Waals surface area contributed by atoms with Crippen molar-refractivity contribution in [2.45, 2.75) is 25.0 Å². The van der Waals surface area contributed by atoms with Gasteiger partial charge in [-0.05, 0) is 35.4 Å². The Kier molecular flexibility index (Phi) is 4.39. The maximum Gasteiger partial charge on any atom is 0.263 e. The van der Waals surface area contributed by atoms with Crippen molar-refractivity contribution >= 4 is 17.2 Å². The van der Waals surface area contributed by atoms with Crippen LogP contribution < -0.4 is 0 Å². The first-order valence-electron chi connectivity index (χ1n) is 8.57. The van der Waals surface area contributed by atoms with Crippen LogP contribution in [0.15, 0.2) is 41.8 Å². The van der Waals surface area contributed by atoms with Crippen LogP contribution in [0, 0.1) is 0 Å². The Balaban J connectivity index is 1.43. The highest BCUT2D eigenvalue weighted by molar-refractivity contribution is 7.12. The Labute approximate surface area is 146 Å². The van der Waals surface area contributed by atoms with Gasteiger partial charge in [-0.3, -0.25) is 9.69 Å². The first-order chi connectivity index (χ1) is 11.7. The highest BCUT2D eigenvalue weighted by atomic mass is 32.1. The number of carbonyl (C=O) groups excluding carboxylic acids is 1. The zero-order valence-electron chi connectivity index (χ0n) is 13.6. The summed E-state index contributed by atoms with van der Waals surface area (Å²) in [5, 5.41) is 12.6. The van der Waals surface area contributed by atoms with Crippen LogP contribution in [0.25, 0.3) is 0 Å². The van der Waals surface area contributed by atoms with Crippen molar-refractivity contribution in [2.75, 3.05) is 26.2 Å². The summed E-state index contributed by atoms with van der Waals surface area (Å²) in [6.07, 6.45) is 1.44. The molecule has 1 fully saturated rings. The summed E-state index contributed by atoms with van der Waals surface area (Å²) in [5.74, 6) is 0.141. The Morgan fingerprint density at radius 1 is 1.08 bits per heavy atom. The van der Waals surface area contributed by atoms with Gasteiger partial charge in [0.15, 0.2) is 0 Å². The van der Waals surface area contributed by atoms with Gasteiger partial charge in [0, 0.05) is 32.2 Å². The van der Waals surface area contributed by atoms with Crippen molar-refractivity contribution in [3.05, 3.63) is 57.8 Å². The van der Waals surface area contributed by atoms with E-state index in [-0.39, 0.29) is 11.9 Å². The number of aliphatic hydroxyl groups is 1. The molecule has 2 aliphatic rings. The van der Waals surface area contributed by atoms with Gasteiger partial charge >= 0.3 is 0 Å². The van der Waals surface area contributed by atoms with E-state index in [1.807, 2.05) is 40.6 Å². The minimum atomic E-state index is -0.416. The maximum absolute atomic E-state index is 12.6. The number of rotatable bonds is 2. The van der Waals surface area contributed by atoms with Gasteiger partial charge in [0.2, 0.25) is 0 Å². The smallest absolute Gasteiger partial charge is 0.263 e. The predicted octanol–water partition coefficient (Wildman–Crippen LogP) is 2.55. The summed E-state index contributed by atoms with van der Waals surface area (Å²) in [7, 11) is 0. The number of amides is 1. The number of hydrogen-bond acceptors (Lipinski definition) is 4. The van der Waals surface area contributed by atoms with E-state index in [0.29, 0.717) is 0 Å². The lowest BCUT2D eigenvalue weighted by molar-refractivity contribution is 0.0606. The third-order valence-corrected chi connectivity index (χ3v) is 6.04. The van der Waals surface area contributed by atoms with Crippen molar-refractivity contribution in [1.82, 2.24) is 9.80 Å². The number of fused-ring (bicyclic) bond motifs is 1. The molecule has 4 rings (SSSR count). The van der Waals surface area contributed by atoms with Gasteiger partial charge in [-0.1, -0.05) is 30.3 Å². The number of benzene rings is 1. The molecule has 126 valence electrons. The van der Waals surface area contributed by atoms with E-state index in [1.165, 1.54) is 16.9 Å². The lowest BCUT2D eigenvalue weighted by Crippen LogP contribution is -2.41. The van der Waals surface area contributed by atoms with Gasteiger partial charge in [-0.25, -0.2) is 0 Å². The molecule has 1 N–H and O–H groups in total. The van der Waals surface area contributed by atoms with Gasteiger partial charge in [0.05, 0.1) is 11.0 Å². The zero-order chi connectivity index (χ0) is 16.5. The van der Waals surface area contributed by atoms with E-state index in [9.17, 15) is 9.90 Å². The lowest BCUT2D eigenvalue weighted by atomic mass is 10.1. The average Bonchev–Trinajstić information content (AvgIpc) is 3.17. The third-order valence-electron chi connectivity index (χ3n) is 5.19. The molecule has 1 aromatic heterocycles. The molecular weight excluding hydrogens is 320 g/mol. The average molecular weight is 342 g/mol. The largest absolute Gasteiger partial charge is 0.387 e. The summed E-state index contributed by atoms with van der Waals surface area (Å²) in [4.78, 5) is 17.7. The topological polar surface area (TPSA) is 43.8 Å². The summed E-state index contributed by atoms with van der Waals surface area (Å²) < 4.78 is 0. The number of thiophene rings is 1. The standard InChI is InChI=1S/C19H22N2O2S/c22-18-15-6-2-1-5-14(15)13-16(18)20-8-4-9-21(11-10-20)19(23)17-7-3-12-24-17/h1-3,5-7,12,16,18,22H,4,8-11,13H2. The van der Waals surface area contributed by atoms with Crippen LogP contribution in [0.1, 0.15) is 33.3 Å². The van der Waals surface area contributed by atoms with Crippen LogP contribution in [0.3, 0.4) is 0 Å². The molecule has 0 radical (unpaired) electrons. The fraction of sp³-hybridized carbons (Fsp3) is 0.421. The quantitative estimate of drug-likeness (QED) is 0.912. The molecular formula is C19H22N2O2S. The summed E-state index contributed by atoms with van der Waals surface area (Å²) in [5.41, 5.74) is 2.32. The van der Waals surface area contributed by atoms with Gasteiger partial charge in [0.1, 0.15) is 0 Å². The fourth-order valence-electron chi connectivity index (χ4n) is 3.91. The third kappa shape index (κ3) is 2.88. The van der Waals surface area contributed by atoms with Crippen molar-refractivity contribution in [3.8, 4) is 0 Å². The predicted molar refractivity (Wildman–Crippen MR) is 95.3 cm³/mol. The van der Waals surface area contributed by atoms with Crippen LogP contribution in [-0.2, 0) is 6.42 Å². The van der Waals surface area contributed by atoms with E-state index in [4.69, 9.17) is 0 Å². The molecule has 0 saturated carbocycles. The molecule has 0 spiro atoms. The van der Waals surface area contributed by atoms with Crippen LogP contribution in [-0.4, -0.2) is 53.0 Å². The molecule has 1 aromatic carbocycles. The van der Waals surface area contributed by atoms with Crippen molar-refractivity contribution in [2.24, 2.45) is 0 Å². The molecule has 2 heterocycles. The molecule has 1 aliphatic carbocycles. The SMILES string of the molecule is O=C(c1cccs1)N1CCCN(C2Cc3ccccc3C2O)CC1. The fourth-order valence-corrected chi connectivity index (χ4v) is 4.60. The van der Waals surface area contributed by atoms with Crippen molar-refractivity contribution < 1.29 is 9.90 Å². The van der Waals surface area contributed by atoms with Gasteiger partial charge in [-0.2, -0.15) is 0 Å². The van der Waals surface area contributed by atoms with Crippen molar-refractivity contribution in [3.63, 3.8) is 0 Å². The summed E-state index contributed by atoms with van der Waals surface area (Å²) in [6, 6.07) is 12.1. The van der Waals surface area contributed by atoms with E-state index >= 15 is 0 Å². The van der Waals surface area contributed by atoms with E-state index in [1.54, 1.807) is 0 Å². The molecule has 24 heavy (non-hydrogen) atoms. The summed E-state index contributed by atoms with van der Waals surface area (Å²) >= 11 is 1.50. The van der Waals surface area contributed by atoms with E-state index < -0.39 is 6.10 Å². The Hall–Kier alpha value is -1.69. The van der Waals surface area contributed by atoms with E-state index in [2.05, 4.69) is 11.0 Å². The number of nitrogens with zero attached hydrogens (tertiary/aromatic N) is 2. The Morgan fingerprint density at radius 3 is 2.75 bits per heavy atom. The van der Waals surface area contributed by atoms with Crippen LogP contribution in [0.2, 0.25) is 0 Å². The molecule has 1 saturated heterocycles. The molecule has 1 amide bonds. The molecule has 0 bridgehead atoms. The Bertz CT molecular complexity index is 716. The molecule has 4 nitrogen and oxygen atoms in total. The number of carbonyl (C=O) groups is 1. The molecule has 2 aromatic rings. The Morgan fingerprint density at radius 2 is 1.96 bits per heavy atom. The highest BCUT2D eigenvalue weighted by Gasteiger charge is 2.35. The summed E-state index contributed by atoms with van der Waals surface area (Å²) in [6.45, 7) is 3.29. The molecule has 1 aliphatic heterocycles. The number of aliphatic hydroxyl groups excluding tert-OH is 1. The second-order valence-electron chi connectivity index (χ2n) is 6.57. The highest BCUT2D eigenvalue weighted by Crippen LogP contribution is 2.34. The van der Waals surface area contributed by atoms with Gasteiger partial charge in [0.25, 0.3) is 5.91 Å². The molecule has 2 unspecified atom stereocenters.